The van der Waals surface area contributed by atoms with Crippen molar-refractivity contribution < 1.29 is 22.8 Å². The summed E-state index contributed by atoms with van der Waals surface area (Å²) in [6.45, 7) is 2.95. The molecule has 0 bridgehead atoms. The zero-order valence-corrected chi connectivity index (χ0v) is 20.3. The van der Waals surface area contributed by atoms with Gasteiger partial charge in [0, 0.05) is 44.6 Å². The number of carbonyl (C=O) groups is 2. The Balaban J connectivity index is 1.37. The molecule has 3 amide bonds. The summed E-state index contributed by atoms with van der Waals surface area (Å²) in [6.07, 6.45) is -2.70. The number of urea groups is 1. The standard InChI is InChI=1S/C24H29F3N4O2S/c1-28-12-10-18(14-28)30(3)23(33)31-13-11-19(15-31)29(2)22(32)21-9-8-20(34-21)16-4-6-17(7-5-16)24(25,26)27/h4-9,18-19H,10-15H2,1-3H3/t18-,19-/m1/s1. The molecule has 0 saturated carbocycles. The summed E-state index contributed by atoms with van der Waals surface area (Å²) < 4.78 is 38.4. The first-order valence-corrected chi connectivity index (χ1v) is 12.1. The molecule has 2 saturated heterocycles. The van der Waals surface area contributed by atoms with Gasteiger partial charge in [0.1, 0.15) is 0 Å². The molecule has 0 unspecified atom stereocenters. The number of halogens is 3. The minimum absolute atomic E-state index is 0.00404. The number of alkyl halides is 3. The molecule has 2 fully saturated rings. The van der Waals surface area contributed by atoms with Crippen LogP contribution < -0.4 is 0 Å². The number of thiophene rings is 1. The first-order valence-electron chi connectivity index (χ1n) is 11.3. The van der Waals surface area contributed by atoms with Gasteiger partial charge < -0.3 is 19.6 Å². The van der Waals surface area contributed by atoms with Gasteiger partial charge in [-0.3, -0.25) is 4.79 Å². The predicted octanol–water partition coefficient (Wildman–Crippen LogP) is 4.34. The number of likely N-dealkylation sites (N-methyl/N-ethyl adjacent to an activating group) is 3. The lowest BCUT2D eigenvalue weighted by atomic mass is 10.1. The smallest absolute Gasteiger partial charge is 0.336 e. The van der Waals surface area contributed by atoms with Crippen molar-refractivity contribution in [2.75, 3.05) is 47.3 Å². The second-order valence-electron chi connectivity index (χ2n) is 9.14. The summed E-state index contributed by atoms with van der Waals surface area (Å²) in [4.78, 5) is 34.8. The van der Waals surface area contributed by atoms with Crippen LogP contribution in [-0.2, 0) is 6.18 Å². The number of amides is 3. The van der Waals surface area contributed by atoms with E-state index in [9.17, 15) is 22.8 Å². The molecule has 2 atom stereocenters. The van der Waals surface area contributed by atoms with Crippen LogP contribution in [0.5, 0.6) is 0 Å². The van der Waals surface area contributed by atoms with Gasteiger partial charge in [0.15, 0.2) is 0 Å². The fourth-order valence-electron chi connectivity index (χ4n) is 4.61. The van der Waals surface area contributed by atoms with Gasteiger partial charge in [-0.2, -0.15) is 13.2 Å². The van der Waals surface area contributed by atoms with Crippen LogP contribution in [0.3, 0.4) is 0 Å². The number of hydrogen-bond acceptors (Lipinski definition) is 4. The summed E-state index contributed by atoms with van der Waals surface area (Å²) >= 11 is 1.26. The van der Waals surface area contributed by atoms with Crippen molar-refractivity contribution in [1.29, 1.82) is 0 Å². The van der Waals surface area contributed by atoms with Crippen molar-refractivity contribution in [2.24, 2.45) is 0 Å². The molecule has 184 valence electrons. The normalized spacial score (nSPS) is 21.2. The van der Waals surface area contributed by atoms with Crippen LogP contribution in [0, 0.1) is 0 Å². The predicted molar refractivity (Wildman–Crippen MR) is 126 cm³/mol. The maximum absolute atomic E-state index is 13.1. The van der Waals surface area contributed by atoms with Gasteiger partial charge in [0.05, 0.1) is 16.5 Å². The minimum atomic E-state index is -4.38. The van der Waals surface area contributed by atoms with Crippen LogP contribution in [0.25, 0.3) is 10.4 Å². The molecule has 0 radical (unpaired) electrons. The molecule has 34 heavy (non-hydrogen) atoms. The second kappa shape index (κ2) is 9.58. The minimum Gasteiger partial charge on any atom is -0.336 e. The molecule has 2 aliphatic rings. The highest BCUT2D eigenvalue weighted by Gasteiger charge is 2.35. The molecular formula is C24H29F3N4O2S. The SMILES string of the molecule is CN1CC[C@@H](N(C)C(=O)N2CC[C@@H](N(C)C(=O)c3ccc(-c4ccc(C(F)(F)F)cc4)s3)C2)C1. The third kappa shape index (κ3) is 5.07. The van der Waals surface area contributed by atoms with Crippen molar-refractivity contribution >= 4 is 23.3 Å². The third-order valence-corrected chi connectivity index (χ3v) is 7.95. The Labute approximate surface area is 201 Å². The number of nitrogens with zero attached hydrogens (tertiary/aromatic N) is 4. The van der Waals surface area contributed by atoms with Crippen LogP contribution >= 0.6 is 11.3 Å². The molecule has 3 heterocycles. The molecule has 1 aromatic heterocycles. The Bertz CT molecular complexity index is 1040. The van der Waals surface area contributed by atoms with Gasteiger partial charge in [-0.15, -0.1) is 11.3 Å². The van der Waals surface area contributed by atoms with Crippen LogP contribution in [0.4, 0.5) is 18.0 Å². The van der Waals surface area contributed by atoms with Gasteiger partial charge in [-0.05, 0) is 56.3 Å². The lowest BCUT2D eigenvalue weighted by molar-refractivity contribution is -0.137. The Hall–Kier alpha value is -2.59. The van der Waals surface area contributed by atoms with Crippen molar-refractivity contribution in [3.8, 4) is 10.4 Å². The summed E-state index contributed by atoms with van der Waals surface area (Å²) in [5.74, 6) is -0.145. The molecule has 2 aromatic rings. The molecule has 1 aromatic carbocycles. The Morgan fingerprint density at radius 1 is 0.941 bits per heavy atom. The molecule has 10 heteroatoms. The number of likely N-dealkylation sites (tertiary alicyclic amines) is 2. The average molecular weight is 495 g/mol. The van der Waals surface area contributed by atoms with Crippen molar-refractivity contribution in [1.82, 2.24) is 19.6 Å². The van der Waals surface area contributed by atoms with Gasteiger partial charge >= 0.3 is 12.2 Å². The fourth-order valence-corrected chi connectivity index (χ4v) is 5.60. The molecule has 6 nitrogen and oxygen atoms in total. The van der Waals surface area contributed by atoms with E-state index in [1.165, 1.54) is 23.5 Å². The molecule has 0 N–H and O–H groups in total. The first kappa shape index (κ1) is 24.5. The summed E-state index contributed by atoms with van der Waals surface area (Å²) in [7, 11) is 5.65. The van der Waals surface area contributed by atoms with E-state index in [1.54, 1.807) is 24.1 Å². The van der Waals surface area contributed by atoms with Crippen molar-refractivity contribution in [3.63, 3.8) is 0 Å². The van der Waals surface area contributed by atoms with Gasteiger partial charge in [-0.1, -0.05) is 12.1 Å². The summed E-state index contributed by atoms with van der Waals surface area (Å²) in [5, 5.41) is 0. The Kier molecular flexibility index (Phi) is 6.91. The van der Waals surface area contributed by atoms with E-state index >= 15 is 0 Å². The van der Waals surface area contributed by atoms with Crippen molar-refractivity contribution in [2.45, 2.75) is 31.1 Å². The average Bonchev–Trinajstić information content (AvgIpc) is 3.57. The van der Waals surface area contributed by atoms with E-state index in [4.69, 9.17) is 0 Å². The van der Waals surface area contributed by atoms with E-state index in [0.29, 0.717) is 30.0 Å². The van der Waals surface area contributed by atoms with Crippen LogP contribution in [-0.4, -0.2) is 90.9 Å². The lowest BCUT2D eigenvalue weighted by Gasteiger charge is -2.30. The lowest BCUT2D eigenvalue weighted by Crippen LogP contribution is -2.47. The molecule has 2 aliphatic heterocycles. The number of hydrogen-bond donors (Lipinski definition) is 0. The number of carbonyl (C=O) groups excluding carboxylic acids is 2. The van der Waals surface area contributed by atoms with Gasteiger partial charge in [0.25, 0.3) is 5.91 Å². The zero-order chi connectivity index (χ0) is 24.6. The molecular weight excluding hydrogens is 465 g/mol. The zero-order valence-electron chi connectivity index (χ0n) is 19.5. The van der Waals surface area contributed by atoms with E-state index < -0.39 is 11.7 Å². The number of rotatable bonds is 4. The fraction of sp³-hybridized carbons (Fsp3) is 0.500. The summed E-state index contributed by atoms with van der Waals surface area (Å²) in [5.41, 5.74) is -0.0623. The van der Waals surface area contributed by atoms with Crippen LogP contribution in [0.1, 0.15) is 28.1 Å². The largest absolute Gasteiger partial charge is 0.416 e. The molecule has 4 rings (SSSR count). The van der Waals surface area contributed by atoms with Gasteiger partial charge in [0.2, 0.25) is 0 Å². The topological polar surface area (TPSA) is 47.1 Å². The number of benzene rings is 1. The van der Waals surface area contributed by atoms with E-state index in [1.807, 2.05) is 16.8 Å². The summed E-state index contributed by atoms with van der Waals surface area (Å²) in [6, 6.07) is 8.55. The van der Waals surface area contributed by atoms with E-state index in [2.05, 4.69) is 11.9 Å². The maximum atomic E-state index is 13.1. The first-order chi connectivity index (χ1) is 16.0. The third-order valence-electron chi connectivity index (χ3n) is 6.83. The Morgan fingerprint density at radius 3 is 2.21 bits per heavy atom. The molecule has 0 aliphatic carbocycles. The highest BCUT2D eigenvalue weighted by atomic mass is 32.1. The van der Waals surface area contributed by atoms with E-state index in [-0.39, 0.29) is 24.0 Å². The quantitative estimate of drug-likeness (QED) is 0.636. The van der Waals surface area contributed by atoms with Crippen molar-refractivity contribution in [3.05, 3.63) is 46.8 Å². The highest BCUT2D eigenvalue weighted by Crippen LogP contribution is 2.33. The molecule has 0 spiro atoms. The highest BCUT2D eigenvalue weighted by molar-refractivity contribution is 7.17. The maximum Gasteiger partial charge on any atom is 0.416 e. The Morgan fingerprint density at radius 2 is 1.59 bits per heavy atom. The second-order valence-corrected chi connectivity index (χ2v) is 10.2. The van der Waals surface area contributed by atoms with Crippen LogP contribution in [0.15, 0.2) is 36.4 Å². The van der Waals surface area contributed by atoms with Gasteiger partial charge in [-0.25, -0.2) is 4.79 Å². The van der Waals surface area contributed by atoms with Crippen LogP contribution in [0.2, 0.25) is 0 Å². The monoisotopic (exact) mass is 494 g/mol. The van der Waals surface area contributed by atoms with E-state index in [0.717, 1.165) is 36.5 Å².